The molecule has 5 heteroatoms. The largest absolute Gasteiger partial charge is 0.492 e. The lowest BCUT2D eigenvalue weighted by atomic mass is 10.1. The van der Waals surface area contributed by atoms with E-state index < -0.39 is 0 Å². The van der Waals surface area contributed by atoms with Crippen molar-refractivity contribution in [1.29, 1.82) is 0 Å². The zero-order chi connectivity index (χ0) is 17.0. The van der Waals surface area contributed by atoms with Gasteiger partial charge in [0.25, 0.3) is 0 Å². The highest BCUT2D eigenvalue weighted by atomic mass is 16.5. The number of ether oxygens (including phenoxy) is 2. The molecule has 1 aliphatic heterocycles. The van der Waals surface area contributed by atoms with Crippen LogP contribution >= 0.6 is 0 Å². The van der Waals surface area contributed by atoms with Gasteiger partial charge in [0.1, 0.15) is 12.4 Å². The van der Waals surface area contributed by atoms with Crippen LogP contribution in [0, 0.1) is 0 Å². The lowest BCUT2D eigenvalue weighted by molar-refractivity contribution is -0.116. The molecule has 1 amide bonds. The Morgan fingerprint density at radius 1 is 1.17 bits per heavy atom. The molecule has 134 valence electrons. The minimum Gasteiger partial charge on any atom is -0.492 e. The van der Waals surface area contributed by atoms with Crippen molar-refractivity contribution in [3.63, 3.8) is 0 Å². The average Bonchev–Trinajstić information content (AvgIpc) is 2.61. The maximum atomic E-state index is 11.8. The van der Waals surface area contributed by atoms with Crippen molar-refractivity contribution < 1.29 is 14.3 Å². The first-order chi connectivity index (χ1) is 11.8. The van der Waals surface area contributed by atoms with E-state index in [9.17, 15) is 4.79 Å². The first-order valence-electron chi connectivity index (χ1n) is 9.10. The highest BCUT2D eigenvalue weighted by molar-refractivity contribution is 5.90. The molecule has 0 unspecified atom stereocenters. The number of carbonyl (C=O) groups excluding carboxylic acids is 1. The van der Waals surface area contributed by atoms with Crippen LogP contribution in [-0.2, 0) is 9.53 Å². The zero-order valence-corrected chi connectivity index (χ0v) is 14.8. The van der Waals surface area contributed by atoms with Crippen LogP contribution in [0.2, 0.25) is 0 Å². The molecule has 1 aromatic rings. The van der Waals surface area contributed by atoms with Gasteiger partial charge in [0.2, 0.25) is 5.91 Å². The van der Waals surface area contributed by atoms with Gasteiger partial charge in [0, 0.05) is 31.7 Å². The molecule has 1 aliphatic rings. The second-order valence-corrected chi connectivity index (χ2v) is 6.19. The molecule has 1 N–H and O–H groups in total. The quantitative estimate of drug-likeness (QED) is 0.667. The molecule has 1 aromatic carbocycles. The van der Waals surface area contributed by atoms with Crippen molar-refractivity contribution in [3.05, 3.63) is 24.3 Å². The Balaban J connectivity index is 1.63. The molecule has 1 fully saturated rings. The Kier molecular flexibility index (Phi) is 8.63. The number of unbranched alkanes of at least 4 members (excludes halogenated alkanes) is 3. The Labute approximate surface area is 145 Å². The number of nitrogens with one attached hydrogen (secondary N) is 1. The molecule has 24 heavy (non-hydrogen) atoms. The lowest BCUT2D eigenvalue weighted by Crippen LogP contribution is -2.38. The van der Waals surface area contributed by atoms with Gasteiger partial charge in [0.15, 0.2) is 0 Å². The summed E-state index contributed by atoms with van der Waals surface area (Å²) in [7, 11) is 0. The van der Waals surface area contributed by atoms with Crippen LogP contribution in [0.25, 0.3) is 0 Å². The summed E-state index contributed by atoms with van der Waals surface area (Å²) in [4.78, 5) is 14.2. The third kappa shape index (κ3) is 7.32. The van der Waals surface area contributed by atoms with Gasteiger partial charge in [-0.1, -0.05) is 26.2 Å². The van der Waals surface area contributed by atoms with E-state index in [0.29, 0.717) is 13.0 Å². The molecule has 5 nitrogen and oxygen atoms in total. The number of hydrogen-bond donors (Lipinski definition) is 1. The molecule has 0 atom stereocenters. The van der Waals surface area contributed by atoms with E-state index in [0.717, 1.165) is 57.1 Å². The zero-order valence-electron chi connectivity index (χ0n) is 14.8. The number of carbonyl (C=O) groups is 1. The minimum atomic E-state index is 0.0899. The van der Waals surface area contributed by atoms with Crippen molar-refractivity contribution in [2.75, 3.05) is 44.8 Å². The van der Waals surface area contributed by atoms with Crippen molar-refractivity contribution >= 4 is 11.6 Å². The van der Waals surface area contributed by atoms with Crippen LogP contribution in [0.1, 0.15) is 39.0 Å². The number of amides is 1. The van der Waals surface area contributed by atoms with Gasteiger partial charge in [-0.25, -0.2) is 0 Å². The van der Waals surface area contributed by atoms with Crippen LogP contribution in [0.3, 0.4) is 0 Å². The first kappa shape index (κ1) is 18.7. The highest BCUT2D eigenvalue weighted by Crippen LogP contribution is 2.16. The number of hydrogen-bond acceptors (Lipinski definition) is 4. The highest BCUT2D eigenvalue weighted by Gasteiger charge is 2.09. The third-order valence-corrected chi connectivity index (χ3v) is 4.18. The van der Waals surface area contributed by atoms with Crippen LogP contribution in [0.15, 0.2) is 24.3 Å². The number of rotatable bonds is 10. The van der Waals surface area contributed by atoms with Gasteiger partial charge < -0.3 is 14.8 Å². The smallest absolute Gasteiger partial charge is 0.224 e. The topological polar surface area (TPSA) is 50.8 Å². The van der Waals surface area contributed by atoms with E-state index in [4.69, 9.17) is 9.47 Å². The maximum Gasteiger partial charge on any atom is 0.224 e. The van der Waals surface area contributed by atoms with Gasteiger partial charge in [-0.15, -0.1) is 0 Å². The molecule has 0 spiro atoms. The predicted molar refractivity (Wildman–Crippen MR) is 96.6 cm³/mol. The van der Waals surface area contributed by atoms with Crippen molar-refractivity contribution in [2.45, 2.75) is 39.0 Å². The van der Waals surface area contributed by atoms with Gasteiger partial charge in [-0.05, 0) is 30.7 Å². The van der Waals surface area contributed by atoms with Crippen LogP contribution in [-0.4, -0.2) is 50.3 Å². The summed E-state index contributed by atoms with van der Waals surface area (Å²) >= 11 is 0. The van der Waals surface area contributed by atoms with E-state index in [1.165, 1.54) is 12.8 Å². The van der Waals surface area contributed by atoms with Crippen molar-refractivity contribution in [1.82, 2.24) is 4.90 Å². The molecule has 0 radical (unpaired) electrons. The van der Waals surface area contributed by atoms with E-state index >= 15 is 0 Å². The van der Waals surface area contributed by atoms with Gasteiger partial charge >= 0.3 is 0 Å². The molecule has 1 heterocycles. The molecule has 2 rings (SSSR count). The number of anilines is 1. The average molecular weight is 334 g/mol. The van der Waals surface area contributed by atoms with Gasteiger partial charge in [-0.3, -0.25) is 9.69 Å². The number of benzene rings is 1. The molecule has 0 saturated carbocycles. The first-order valence-corrected chi connectivity index (χ1v) is 9.10. The fourth-order valence-corrected chi connectivity index (χ4v) is 2.69. The number of nitrogens with zero attached hydrogens (tertiary/aromatic N) is 1. The summed E-state index contributed by atoms with van der Waals surface area (Å²) in [5.41, 5.74) is 0.830. The molecule has 0 aromatic heterocycles. The molecular weight excluding hydrogens is 304 g/mol. The standard InChI is InChI=1S/C19H30N2O3/c1-2-3-4-5-6-19(22)20-17-7-9-18(10-8-17)24-16-13-21-11-14-23-15-12-21/h7-10H,2-6,11-16H2,1H3,(H,20,22). The number of morpholine rings is 1. The van der Waals surface area contributed by atoms with E-state index in [1.807, 2.05) is 24.3 Å². The summed E-state index contributed by atoms with van der Waals surface area (Å²) in [6, 6.07) is 7.61. The fraction of sp³-hybridized carbons (Fsp3) is 0.632. The molecular formula is C19H30N2O3. The Morgan fingerprint density at radius 3 is 2.62 bits per heavy atom. The predicted octanol–water partition coefficient (Wildman–Crippen LogP) is 3.31. The Morgan fingerprint density at radius 2 is 1.92 bits per heavy atom. The summed E-state index contributed by atoms with van der Waals surface area (Å²) in [5, 5.41) is 2.94. The van der Waals surface area contributed by atoms with Crippen LogP contribution in [0.4, 0.5) is 5.69 Å². The summed E-state index contributed by atoms with van der Waals surface area (Å²) in [6.07, 6.45) is 5.07. The monoisotopic (exact) mass is 334 g/mol. The van der Waals surface area contributed by atoms with Crippen LogP contribution < -0.4 is 10.1 Å². The summed E-state index contributed by atoms with van der Waals surface area (Å²) in [6.45, 7) is 7.34. The fourth-order valence-electron chi connectivity index (χ4n) is 2.69. The normalized spacial score (nSPS) is 15.2. The lowest BCUT2D eigenvalue weighted by Gasteiger charge is -2.26. The van der Waals surface area contributed by atoms with Crippen LogP contribution in [0.5, 0.6) is 5.75 Å². The van der Waals surface area contributed by atoms with Crippen molar-refractivity contribution in [2.24, 2.45) is 0 Å². The maximum absolute atomic E-state index is 11.8. The molecule has 0 aliphatic carbocycles. The molecule has 1 saturated heterocycles. The van der Waals surface area contributed by atoms with E-state index in [1.54, 1.807) is 0 Å². The van der Waals surface area contributed by atoms with Crippen molar-refractivity contribution in [3.8, 4) is 5.75 Å². The van der Waals surface area contributed by atoms with Gasteiger partial charge in [0.05, 0.1) is 13.2 Å². The Hall–Kier alpha value is -1.59. The Bertz CT molecular complexity index is 470. The summed E-state index contributed by atoms with van der Waals surface area (Å²) in [5.74, 6) is 0.927. The second kappa shape index (κ2) is 11.0. The SMILES string of the molecule is CCCCCCC(=O)Nc1ccc(OCCN2CCOCC2)cc1. The minimum absolute atomic E-state index is 0.0899. The van der Waals surface area contributed by atoms with E-state index in [2.05, 4.69) is 17.1 Å². The second-order valence-electron chi connectivity index (χ2n) is 6.19. The van der Waals surface area contributed by atoms with E-state index in [-0.39, 0.29) is 5.91 Å². The molecule has 0 bridgehead atoms. The van der Waals surface area contributed by atoms with Gasteiger partial charge in [-0.2, -0.15) is 0 Å². The summed E-state index contributed by atoms with van der Waals surface area (Å²) < 4.78 is 11.1. The third-order valence-electron chi connectivity index (χ3n) is 4.18.